The zero-order chi connectivity index (χ0) is 21.8. The number of rotatable bonds is 7. The van der Waals surface area contributed by atoms with Crippen molar-refractivity contribution in [3.05, 3.63) is 59.4 Å². The number of hydrogen-bond donors (Lipinski definition) is 1. The average Bonchev–Trinajstić information content (AvgIpc) is 3.33. The maximum absolute atomic E-state index is 12.4. The van der Waals surface area contributed by atoms with E-state index in [2.05, 4.69) is 31.1 Å². The number of carbonyl (C=O) groups is 1. The van der Waals surface area contributed by atoms with Crippen molar-refractivity contribution in [3.8, 4) is 11.4 Å². The molecule has 0 unspecified atom stereocenters. The summed E-state index contributed by atoms with van der Waals surface area (Å²) in [5.74, 6) is 2.06. The van der Waals surface area contributed by atoms with E-state index in [1.807, 2.05) is 42.5 Å². The Kier molecular flexibility index (Phi) is 6.25. The van der Waals surface area contributed by atoms with Gasteiger partial charge in [-0.05, 0) is 68.5 Å². The van der Waals surface area contributed by atoms with E-state index in [0.717, 1.165) is 65.7 Å². The second-order valence-electron chi connectivity index (χ2n) is 8.31. The summed E-state index contributed by atoms with van der Waals surface area (Å²) in [6, 6.07) is 16.2. The third-order valence-electron chi connectivity index (χ3n) is 5.92. The van der Waals surface area contributed by atoms with Crippen molar-refractivity contribution in [2.75, 3.05) is 5.32 Å². The van der Waals surface area contributed by atoms with E-state index >= 15 is 0 Å². The van der Waals surface area contributed by atoms with E-state index in [1.54, 1.807) is 11.3 Å². The summed E-state index contributed by atoms with van der Waals surface area (Å²) in [7, 11) is 0. The van der Waals surface area contributed by atoms with Crippen molar-refractivity contribution in [1.82, 2.24) is 19.7 Å². The summed E-state index contributed by atoms with van der Waals surface area (Å²) in [5.41, 5.74) is 2.93. The highest BCUT2D eigenvalue weighted by atomic mass is 32.1. The van der Waals surface area contributed by atoms with Crippen LogP contribution in [0, 0.1) is 0 Å². The first kappa shape index (κ1) is 20.8. The van der Waals surface area contributed by atoms with Crippen LogP contribution in [0.4, 0.5) is 5.69 Å². The van der Waals surface area contributed by atoms with Crippen molar-refractivity contribution in [3.63, 3.8) is 0 Å². The Morgan fingerprint density at radius 3 is 2.75 bits per heavy atom. The van der Waals surface area contributed by atoms with Gasteiger partial charge in [0, 0.05) is 30.6 Å². The van der Waals surface area contributed by atoms with Crippen LogP contribution in [-0.2, 0) is 24.2 Å². The third kappa shape index (κ3) is 4.72. The zero-order valence-corrected chi connectivity index (χ0v) is 18.9. The first-order chi connectivity index (χ1) is 15.8. The number of aromatic nitrogens is 4. The second kappa shape index (κ2) is 9.61. The van der Waals surface area contributed by atoms with Crippen LogP contribution in [0.25, 0.3) is 21.6 Å². The molecule has 6 nitrogen and oxygen atoms in total. The number of fused-ring (bicyclic) bond motifs is 2. The van der Waals surface area contributed by atoms with Crippen LogP contribution >= 0.6 is 11.3 Å². The molecule has 0 saturated heterocycles. The van der Waals surface area contributed by atoms with Gasteiger partial charge in [0.25, 0.3) is 0 Å². The molecule has 0 fully saturated rings. The Morgan fingerprint density at radius 2 is 1.88 bits per heavy atom. The molecule has 0 radical (unpaired) electrons. The normalized spacial score (nSPS) is 13.6. The van der Waals surface area contributed by atoms with Crippen LogP contribution < -0.4 is 5.32 Å². The van der Waals surface area contributed by atoms with Crippen molar-refractivity contribution < 1.29 is 4.79 Å². The molecule has 0 atom stereocenters. The lowest BCUT2D eigenvalue weighted by molar-refractivity contribution is -0.116. The Hall–Kier alpha value is -3.06. The van der Waals surface area contributed by atoms with Gasteiger partial charge in [-0.1, -0.05) is 18.6 Å². The fourth-order valence-corrected chi connectivity index (χ4v) is 5.22. The lowest BCUT2D eigenvalue weighted by Gasteiger charge is -2.09. The molecule has 5 rings (SSSR count). The largest absolute Gasteiger partial charge is 0.326 e. The molecule has 1 amide bonds. The second-order valence-corrected chi connectivity index (χ2v) is 9.43. The molecule has 0 saturated carbocycles. The number of thiazole rings is 1. The number of para-hydroxylation sites is 1. The molecule has 1 N–H and O–H groups in total. The van der Waals surface area contributed by atoms with Crippen LogP contribution in [0.1, 0.15) is 49.4 Å². The smallest absolute Gasteiger partial charge is 0.224 e. The SMILES string of the molecule is O=C(CCCCc1nc2ccccc2s1)Nc1ccc(-c2nnc3n2CCCCC3)cc1. The third-order valence-corrected chi connectivity index (χ3v) is 7.02. The van der Waals surface area contributed by atoms with E-state index in [0.29, 0.717) is 6.42 Å². The Bertz CT molecular complexity index is 1180. The summed E-state index contributed by atoms with van der Waals surface area (Å²) >= 11 is 1.75. The summed E-state index contributed by atoms with van der Waals surface area (Å²) in [6.45, 7) is 0.979. The van der Waals surface area contributed by atoms with Crippen molar-refractivity contribution in [2.24, 2.45) is 0 Å². The predicted molar refractivity (Wildman–Crippen MR) is 129 cm³/mol. The van der Waals surface area contributed by atoms with E-state index < -0.39 is 0 Å². The average molecular weight is 446 g/mol. The van der Waals surface area contributed by atoms with E-state index in [1.165, 1.54) is 24.0 Å². The predicted octanol–water partition coefficient (Wildman–Crippen LogP) is 5.63. The first-order valence-corrected chi connectivity index (χ1v) is 12.2. The summed E-state index contributed by atoms with van der Waals surface area (Å²) < 4.78 is 3.47. The number of anilines is 1. The maximum atomic E-state index is 12.4. The van der Waals surface area contributed by atoms with Gasteiger partial charge in [-0.25, -0.2) is 4.98 Å². The molecule has 4 aromatic rings. The Labute approximate surface area is 191 Å². The number of aryl methyl sites for hydroxylation is 2. The molecule has 0 aliphatic carbocycles. The maximum Gasteiger partial charge on any atom is 0.224 e. The van der Waals surface area contributed by atoms with Gasteiger partial charge in [0.1, 0.15) is 5.82 Å². The highest BCUT2D eigenvalue weighted by Gasteiger charge is 2.16. The van der Waals surface area contributed by atoms with Gasteiger partial charge in [-0.2, -0.15) is 0 Å². The number of carbonyl (C=O) groups excluding carboxylic acids is 1. The lowest BCUT2D eigenvalue weighted by atomic mass is 10.1. The topological polar surface area (TPSA) is 72.7 Å². The molecule has 1 aliphatic rings. The summed E-state index contributed by atoms with van der Waals surface area (Å²) in [5, 5.41) is 12.9. The van der Waals surface area contributed by atoms with Crippen molar-refractivity contribution in [1.29, 1.82) is 0 Å². The van der Waals surface area contributed by atoms with E-state index in [9.17, 15) is 4.79 Å². The van der Waals surface area contributed by atoms with Crippen molar-refractivity contribution >= 4 is 33.1 Å². The number of hydrogen-bond acceptors (Lipinski definition) is 5. The van der Waals surface area contributed by atoms with Gasteiger partial charge in [0.15, 0.2) is 5.82 Å². The van der Waals surface area contributed by atoms with Gasteiger partial charge in [-0.15, -0.1) is 21.5 Å². The minimum absolute atomic E-state index is 0.0541. The first-order valence-electron chi connectivity index (χ1n) is 11.4. The molecule has 2 aromatic heterocycles. The van der Waals surface area contributed by atoms with Gasteiger partial charge >= 0.3 is 0 Å². The van der Waals surface area contributed by atoms with E-state index in [4.69, 9.17) is 0 Å². The minimum atomic E-state index is 0.0541. The van der Waals surface area contributed by atoms with Gasteiger partial charge in [0.2, 0.25) is 5.91 Å². The van der Waals surface area contributed by atoms with Crippen LogP contribution in [0.15, 0.2) is 48.5 Å². The number of benzene rings is 2. The molecule has 7 heteroatoms. The number of nitrogens with zero attached hydrogens (tertiary/aromatic N) is 4. The minimum Gasteiger partial charge on any atom is -0.326 e. The summed E-state index contributed by atoms with van der Waals surface area (Å²) in [4.78, 5) is 17.0. The number of amides is 1. The van der Waals surface area contributed by atoms with Crippen LogP contribution in [-0.4, -0.2) is 25.7 Å². The fourth-order valence-electron chi connectivity index (χ4n) is 4.21. The van der Waals surface area contributed by atoms with Gasteiger partial charge < -0.3 is 9.88 Å². The molecule has 0 bridgehead atoms. The highest BCUT2D eigenvalue weighted by Crippen LogP contribution is 2.25. The van der Waals surface area contributed by atoms with Crippen LogP contribution in [0.5, 0.6) is 0 Å². The quantitative estimate of drug-likeness (QED) is 0.374. The van der Waals surface area contributed by atoms with E-state index in [-0.39, 0.29) is 5.91 Å². The fraction of sp³-hybridized carbons (Fsp3) is 0.360. The lowest BCUT2D eigenvalue weighted by Crippen LogP contribution is -2.11. The Morgan fingerprint density at radius 1 is 1.00 bits per heavy atom. The monoisotopic (exact) mass is 445 g/mol. The molecule has 164 valence electrons. The number of nitrogens with one attached hydrogen (secondary N) is 1. The highest BCUT2D eigenvalue weighted by molar-refractivity contribution is 7.18. The molecule has 3 heterocycles. The molecule has 0 spiro atoms. The number of unbranched alkanes of at least 4 members (excludes halogenated alkanes) is 1. The molecule has 2 aromatic carbocycles. The zero-order valence-electron chi connectivity index (χ0n) is 18.1. The van der Waals surface area contributed by atoms with Gasteiger partial charge in [-0.3, -0.25) is 4.79 Å². The molecule has 1 aliphatic heterocycles. The van der Waals surface area contributed by atoms with Gasteiger partial charge in [0.05, 0.1) is 15.2 Å². The standard InChI is InChI=1S/C25H27N5OS/c31-23(11-5-6-12-24-27-20-8-3-4-9-21(20)32-24)26-19-15-13-18(14-16-19)25-29-28-22-10-2-1-7-17-30(22)25/h3-4,8-9,13-16H,1-2,5-7,10-12,17H2,(H,26,31). The van der Waals surface area contributed by atoms with Crippen LogP contribution in [0.2, 0.25) is 0 Å². The molecule has 32 heavy (non-hydrogen) atoms. The molecular weight excluding hydrogens is 418 g/mol. The summed E-state index contributed by atoms with van der Waals surface area (Å²) in [6.07, 6.45) is 7.85. The molecular formula is C25H27N5OS. The van der Waals surface area contributed by atoms with Crippen LogP contribution in [0.3, 0.4) is 0 Å². The van der Waals surface area contributed by atoms with Crippen molar-refractivity contribution in [2.45, 2.75) is 57.9 Å². The Balaban J connectivity index is 1.11.